The van der Waals surface area contributed by atoms with Crippen LogP contribution in [-0.4, -0.2) is 38.8 Å². The van der Waals surface area contributed by atoms with Gasteiger partial charge in [-0.05, 0) is 54.5 Å². The maximum Gasteiger partial charge on any atom is 0.341 e. The van der Waals surface area contributed by atoms with Gasteiger partial charge < -0.3 is 9.84 Å². The fraction of sp³-hybridized carbons (Fsp3) is 0.111. The summed E-state index contributed by atoms with van der Waals surface area (Å²) in [7, 11) is 0. The van der Waals surface area contributed by atoms with E-state index in [-0.39, 0.29) is 6.61 Å². The van der Waals surface area contributed by atoms with E-state index in [9.17, 15) is 4.79 Å². The number of carboxylic acids is 1. The van der Waals surface area contributed by atoms with Crippen molar-refractivity contribution in [2.75, 3.05) is 6.61 Å². The number of carboxylic acid groups (broad SMARTS) is 1. The Kier molecular flexibility index (Phi) is 5.23. The number of aromatic nitrogens is 3. The molecule has 1 aromatic heterocycles. The molecule has 0 unspecified atom stereocenters. The monoisotopic (exact) mass is 368 g/mol. The van der Waals surface area contributed by atoms with Crippen LogP contribution < -0.4 is 4.74 Å². The van der Waals surface area contributed by atoms with Gasteiger partial charge in [-0.2, -0.15) is 14.9 Å². The van der Waals surface area contributed by atoms with Gasteiger partial charge in [0.2, 0.25) is 4.77 Å². The molecular weight excluding hydrogens is 352 g/mol. The largest absolute Gasteiger partial charge is 0.482 e. The van der Waals surface area contributed by atoms with E-state index >= 15 is 0 Å². The molecule has 0 saturated heterocycles. The van der Waals surface area contributed by atoms with E-state index in [0.29, 0.717) is 16.3 Å². The molecule has 0 fully saturated rings. The van der Waals surface area contributed by atoms with Crippen molar-refractivity contribution in [3.05, 3.63) is 64.4 Å². The van der Waals surface area contributed by atoms with Gasteiger partial charge in [0, 0.05) is 5.56 Å². The lowest BCUT2D eigenvalue weighted by atomic mass is 10.1. The number of nitrogens with zero attached hydrogens (tertiary/aromatic N) is 3. The Bertz CT molecular complexity index is 1010. The van der Waals surface area contributed by atoms with Crippen LogP contribution in [0.15, 0.2) is 53.6 Å². The van der Waals surface area contributed by atoms with Gasteiger partial charge in [0.05, 0.1) is 6.21 Å². The quantitative estimate of drug-likeness (QED) is 0.515. The summed E-state index contributed by atoms with van der Waals surface area (Å²) in [5, 5.41) is 20.1. The molecule has 0 atom stereocenters. The number of ether oxygens (including phenoxy) is 1. The fourth-order valence-corrected chi connectivity index (χ4v) is 2.50. The SMILES string of the molecule is Cc1ccccc1-c1n[nH]c(=S)n1/N=C\c1ccc(OCC(=O)O)cc1. The van der Waals surface area contributed by atoms with Crippen LogP contribution in [0.4, 0.5) is 0 Å². The second-order valence-corrected chi connectivity index (χ2v) is 5.86. The van der Waals surface area contributed by atoms with E-state index < -0.39 is 5.97 Å². The highest BCUT2D eigenvalue weighted by Crippen LogP contribution is 2.21. The molecule has 0 aliphatic carbocycles. The molecule has 26 heavy (non-hydrogen) atoms. The van der Waals surface area contributed by atoms with Gasteiger partial charge in [-0.1, -0.05) is 24.3 Å². The summed E-state index contributed by atoms with van der Waals surface area (Å²) in [6.45, 7) is 1.62. The van der Waals surface area contributed by atoms with E-state index in [1.54, 1.807) is 35.2 Å². The molecule has 0 saturated carbocycles. The van der Waals surface area contributed by atoms with Crippen molar-refractivity contribution in [2.24, 2.45) is 5.10 Å². The normalized spacial score (nSPS) is 11.0. The van der Waals surface area contributed by atoms with Crippen molar-refractivity contribution < 1.29 is 14.6 Å². The predicted molar refractivity (Wildman–Crippen MR) is 100 cm³/mol. The molecule has 0 radical (unpaired) electrons. The highest BCUT2D eigenvalue weighted by atomic mass is 32.1. The Morgan fingerprint density at radius 1 is 1.31 bits per heavy atom. The number of hydrogen-bond acceptors (Lipinski definition) is 5. The summed E-state index contributed by atoms with van der Waals surface area (Å²) in [6, 6.07) is 14.8. The molecule has 132 valence electrons. The van der Waals surface area contributed by atoms with Crippen LogP contribution in [0.1, 0.15) is 11.1 Å². The maximum atomic E-state index is 10.5. The Balaban J connectivity index is 1.83. The summed E-state index contributed by atoms with van der Waals surface area (Å²) < 4.78 is 7.05. The van der Waals surface area contributed by atoms with Crippen molar-refractivity contribution in [1.82, 2.24) is 14.9 Å². The first-order chi connectivity index (χ1) is 12.5. The van der Waals surface area contributed by atoms with Crippen molar-refractivity contribution >= 4 is 24.4 Å². The van der Waals surface area contributed by atoms with Crippen LogP contribution in [0.3, 0.4) is 0 Å². The van der Waals surface area contributed by atoms with E-state index in [1.807, 2.05) is 31.2 Å². The van der Waals surface area contributed by atoms with Crippen molar-refractivity contribution in [1.29, 1.82) is 0 Å². The molecule has 8 heteroatoms. The number of aryl methyl sites for hydroxylation is 1. The third-order valence-electron chi connectivity index (χ3n) is 3.60. The van der Waals surface area contributed by atoms with Crippen LogP contribution >= 0.6 is 12.2 Å². The van der Waals surface area contributed by atoms with Gasteiger partial charge in [0.1, 0.15) is 5.75 Å². The minimum Gasteiger partial charge on any atom is -0.482 e. The summed E-state index contributed by atoms with van der Waals surface area (Å²) in [6.07, 6.45) is 1.65. The van der Waals surface area contributed by atoms with Crippen LogP contribution in [0.25, 0.3) is 11.4 Å². The zero-order valence-corrected chi connectivity index (χ0v) is 14.7. The Morgan fingerprint density at radius 2 is 2.04 bits per heavy atom. The Hall–Kier alpha value is -3.26. The summed E-state index contributed by atoms with van der Waals surface area (Å²) in [5.41, 5.74) is 2.82. The molecule has 0 bridgehead atoms. The Labute approximate surface area is 154 Å². The molecule has 7 nitrogen and oxygen atoms in total. The van der Waals surface area contributed by atoms with Gasteiger partial charge >= 0.3 is 5.97 Å². The molecule has 0 aliphatic rings. The highest BCUT2D eigenvalue weighted by molar-refractivity contribution is 7.71. The number of hydrogen-bond donors (Lipinski definition) is 2. The number of H-pyrrole nitrogens is 1. The van der Waals surface area contributed by atoms with Crippen LogP contribution in [0.5, 0.6) is 5.75 Å². The van der Waals surface area contributed by atoms with Crippen LogP contribution in [-0.2, 0) is 4.79 Å². The predicted octanol–water partition coefficient (Wildman–Crippen LogP) is 3.26. The number of rotatable bonds is 6. The average Bonchev–Trinajstić information content (AvgIpc) is 3.00. The smallest absolute Gasteiger partial charge is 0.341 e. The zero-order chi connectivity index (χ0) is 18.5. The van der Waals surface area contributed by atoms with E-state index in [1.165, 1.54) is 0 Å². The second-order valence-electron chi connectivity index (χ2n) is 5.48. The standard InChI is InChI=1S/C18H16N4O3S/c1-12-4-2-3-5-15(12)17-20-21-18(26)22(17)19-10-13-6-8-14(9-7-13)25-11-16(23)24/h2-10H,11H2,1H3,(H,21,26)(H,23,24)/b19-10-. The number of nitrogens with one attached hydrogen (secondary N) is 1. The topological polar surface area (TPSA) is 92.5 Å². The van der Waals surface area contributed by atoms with Crippen molar-refractivity contribution in [3.8, 4) is 17.1 Å². The number of carbonyl (C=O) groups is 1. The van der Waals surface area contributed by atoms with Gasteiger partial charge in [-0.3, -0.25) is 0 Å². The first-order valence-electron chi connectivity index (χ1n) is 7.77. The van der Waals surface area contributed by atoms with Crippen LogP contribution in [0, 0.1) is 11.7 Å². The van der Waals surface area contributed by atoms with E-state index in [2.05, 4.69) is 15.3 Å². The highest BCUT2D eigenvalue weighted by Gasteiger charge is 2.10. The molecule has 0 spiro atoms. The molecule has 3 rings (SSSR count). The van der Waals surface area contributed by atoms with Gasteiger partial charge in [-0.25, -0.2) is 9.89 Å². The molecule has 1 heterocycles. The summed E-state index contributed by atoms with van der Waals surface area (Å²) >= 11 is 5.27. The van der Waals surface area contributed by atoms with Gasteiger partial charge in [0.15, 0.2) is 12.4 Å². The maximum absolute atomic E-state index is 10.5. The number of aliphatic carboxylic acids is 1. The Morgan fingerprint density at radius 3 is 2.73 bits per heavy atom. The summed E-state index contributed by atoms with van der Waals surface area (Å²) in [4.78, 5) is 10.5. The average molecular weight is 368 g/mol. The molecule has 0 amide bonds. The van der Waals surface area contributed by atoms with Gasteiger partial charge in [0.25, 0.3) is 0 Å². The fourth-order valence-electron chi connectivity index (χ4n) is 2.32. The first kappa shape index (κ1) is 17.6. The third kappa shape index (κ3) is 4.04. The molecular formula is C18H16N4O3S. The first-order valence-corrected chi connectivity index (χ1v) is 8.18. The molecule has 3 aromatic rings. The molecule has 0 aliphatic heterocycles. The van der Waals surface area contributed by atoms with Gasteiger partial charge in [-0.15, -0.1) is 0 Å². The lowest BCUT2D eigenvalue weighted by Gasteiger charge is -2.05. The third-order valence-corrected chi connectivity index (χ3v) is 3.87. The zero-order valence-electron chi connectivity index (χ0n) is 13.9. The second kappa shape index (κ2) is 7.75. The summed E-state index contributed by atoms with van der Waals surface area (Å²) in [5.74, 6) is 0.0875. The van der Waals surface area contributed by atoms with Crippen LogP contribution in [0.2, 0.25) is 0 Å². The van der Waals surface area contributed by atoms with Crippen molar-refractivity contribution in [3.63, 3.8) is 0 Å². The molecule has 2 N–H and O–H groups in total. The minimum atomic E-state index is -1.02. The lowest BCUT2D eigenvalue weighted by molar-refractivity contribution is -0.139. The minimum absolute atomic E-state index is 0.378. The lowest BCUT2D eigenvalue weighted by Crippen LogP contribution is -2.09. The number of benzene rings is 2. The van der Waals surface area contributed by atoms with E-state index in [4.69, 9.17) is 22.1 Å². The van der Waals surface area contributed by atoms with E-state index in [0.717, 1.165) is 16.7 Å². The number of aromatic amines is 1. The molecule has 2 aromatic carbocycles. The van der Waals surface area contributed by atoms with Crippen molar-refractivity contribution in [2.45, 2.75) is 6.92 Å².